The van der Waals surface area contributed by atoms with E-state index in [0.717, 1.165) is 24.3 Å². The molecule has 39 heavy (non-hydrogen) atoms. The maximum absolute atomic E-state index is 11.7. The summed E-state index contributed by atoms with van der Waals surface area (Å²) >= 11 is 0. The average molecular weight is 538 g/mol. The van der Waals surface area contributed by atoms with Crippen LogP contribution in [0.5, 0.6) is 0 Å². The summed E-state index contributed by atoms with van der Waals surface area (Å²) in [6, 6.07) is 14.3. The molecule has 0 aromatic heterocycles. The molecule has 0 spiro atoms. The Balaban J connectivity index is 0.000000819. The third kappa shape index (κ3) is 14.5. The van der Waals surface area contributed by atoms with Gasteiger partial charge in [-0.2, -0.15) is 0 Å². The predicted molar refractivity (Wildman–Crippen MR) is 173 cm³/mol. The molecule has 0 aliphatic carbocycles. The van der Waals surface area contributed by atoms with E-state index in [2.05, 4.69) is 78.5 Å². The number of hydrogen-bond donors (Lipinski definition) is 0. The van der Waals surface area contributed by atoms with Gasteiger partial charge in [0, 0.05) is 0 Å². The second-order valence-corrected chi connectivity index (χ2v) is 10.7. The van der Waals surface area contributed by atoms with Gasteiger partial charge in [0.1, 0.15) is 0 Å². The Labute approximate surface area is 242 Å². The van der Waals surface area contributed by atoms with E-state index < -0.39 is 0 Å². The third-order valence-electron chi connectivity index (χ3n) is 7.02. The number of allylic oxidation sites excluding steroid dienone is 2. The fourth-order valence-corrected chi connectivity index (χ4v) is 4.31. The van der Waals surface area contributed by atoms with Gasteiger partial charge in [0.15, 0.2) is 0 Å². The summed E-state index contributed by atoms with van der Waals surface area (Å²) in [7, 11) is 1.41. The quantitative estimate of drug-likeness (QED) is 0.238. The van der Waals surface area contributed by atoms with E-state index in [0.29, 0.717) is 5.56 Å². The van der Waals surface area contributed by atoms with Gasteiger partial charge < -0.3 is 9.64 Å². The van der Waals surface area contributed by atoms with Crippen molar-refractivity contribution in [3.8, 4) is 0 Å². The summed E-state index contributed by atoms with van der Waals surface area (Å²) in [6.45, 7) is 25.8. The highest BCUT2D eigenvalue weighted by Gasteiger charge is 2.09. The molecular weight excluding hydrogens is 478 g/mol. The Morgan fingerprint density at radius 1 is 0.897 bits per heavy atom. The zero-order valence-corrected chi connectivity index (χ0v) is 27.2. The van der Waals surface area contributed by atoms with Crippen LogP contribution in [0.2, 0.25) is 0 Å². The normalized spacial score (nSPS) is 11.3. The van der Waals surface area contributed by atoms with Gasteiger partial charge in [0.05, 0.1) is 12.7 Å². The van der Waals surface area contributed by atoms with Gasteiger partial charge in [-0.05, 0) is 118 Å². The van der Waals surface area contributed by atoms with Crippen molar-refractivity contribution in [1.82, 2.24) is 4.90 Å². The van der Waals surface area contributed by atoms with Crippen LogP contribution in [0.1, 0.15) is 127 Å². The molecule has 0 unspecified atom stereocenters. The largest absolute Gasteiger partial charge is 0.465 e. The van der Waals surface area contributed by atoms with E-state index in [1.54, 1.807) is 6.07 Å². The van der Waals surface area contributed by atoms with Gasteiger partial charge in [0.25, 0.3) is 0 Å². The highest BCUT2D eigenvalue weighted by molar-refractivity contribution is 5.89. The van der Waals surface area contributed by atoms with Crippen molar-refractivity contribution in [2.45, 2.75) is 108 Å². The molecule has 0 aliphatic heterocycles. The van der Waals surface area contributed by atoms with Crippen molar-refractivity contribution in [2.75, 3.05) is 26.7 Å². The van der Waals surface area contributed by atoms with E-state index in [-0.39, 0.29) is 5.97 Å². The first-order chi connectivity index (χ1) is 18.7. The maximum atomic E-state index is 11.7. The monoisotopic (exact) mass is 537 g/mol. The molecule has 0 aliphatic rings. The Morgan fingerprint density at radius 2 is 1.56 bits per heavy atom. The van der Waals surface area contributed by atoms with E-state index in [9.17, 15) is 4.79 Å². The van der Waals surface area contributed by atoms with E-state index in [4.69, 9.17) is 4.74 Å². The highest BCUT2D eigenvalue weighted by atomic mass is 16.5. The SMILES string of the molecule is CC.CC/C(C)=C(/C)c1cc(Cc2cccc(C(=O)OC)c2)ccc1C.CCCCN(CCC)CCC(C)C. The molecule has 0 N–H and O–H groups in total. The van der Waals surface area contributed by atoms with Gasteiger partial charge in [-0.3, -0.25) is 0 Å². The number of carbonyl (C=O) groups excluding carboxylic acids is 1. The lowest BCUT2D eigenvalue weighted by Gasteiger charge is -2.22. The van der Waals surface area contributed by atoms with Crippen LogP contribution in [0.4, 0.5) is 0 Å². The topological polar surface area (TPSA) is 29.5 Å². The summed E-state index contributed by atoms with van der Waals surface area (Å²) < 4.78 is 4.80. The van der Waals surface area contributed by atoms with Crippen LogP contribution < -0.4 is 0 Å². The van der Waals surface area contributed by atoms with Gasteiger partial charge in [0.2, 0.25) is 0 Å². The van der Waals surface area contributed by atoms with Crippen LogP contribution in [0, 0.1) is 12.8 Å². The van der Waals surface area contributed by atoms with Crippen LogP contribution in [0.3, 0.4) is 0 Å². The number of rotatable bonds is 13. The van der Waals surface area contributed by atoms with Crippen LogP contribution in [-0.2, 0) is 11.2 Å². The van der Waals surface area contributed by atoms with Crippen molar-refractivity contribution < 1.29 is 9.53 Å². The number of hydrogen-bond acceptors (Lipinski definition) is 3. The fraction of sp³-hybridized carbons (Fsp3) is 0.583. The molecule has 220 valence electrons. The van der Waals surface area contributed by atoms with Crippen molar-refractivity contribution in [3.63, 3.8) is 0 Å². The second-order valence-electron chi connectivity index (χ2n) is 10.7. The zero-order chi connectivity index (χ0) is 29.8. The molecule has 3 nitrogen and oxygen atoms in total. The van der Waals surface area contributed by atoms with Crippen LogP contribution in [0.15, 0.2) is 48.0 Å². The average Bonchev–Trinajstić information content (AvgIpc) is 2.95. The number of aryl methyl sites for hydroxylation is 1. The Morgan fingerprint density at radius 3 is 2.13 bits per heavy atom. The minimum absolute atomic E-state index is 0.293. The minimum atomic E-state index is -0.293. The van der Waals surface area contributed by atoms with Crippen molar-refractivity contribution in [3.05, 3.63) is 75.9 Å². The molecular formula is C36H59NO2. The van der Waals surface area contributed by atoms with Crippen LogP contribution >= 0.6 is 0 Å². The highest BCUT2D eigenvalue weighted by Crippen LogP contribution is 2.25. The third-order valence-corrected chi connectivity index (χ3v) is 7.02. The second kappa shape index (κ2) is 21.4. The number of nitrogens with zero attached hydrogens (tertiary/aromatic N) is 1. The zero-order valence-electron chi connectivity index (χ0n) is 27.2. The van der Waals surface area contributed by atoms with Gasteiger partial charge in [-0.1, -0.05) is 90.8 Å². The molecule has 2 aromatic carbocycles. The van der Waals surface area contributed by atoms with Crippen molar-refractivity contribution in [2.24, 2.45) is 5.92 Å². The smallest absolute Gasteiger partial charge is 0.337 e. The first-order valence-corrected chi connectivity index (χ1v) is 15.3. The summed E-state index contributed by atoms with van der Waals surface area (Å²) in [6.07, 6.45) is 7.19. The number of methoxy groups -OCH3 is 1. The minimum Gasteiger partial charge on any atom is -0.465 e. The van der Waals surface area contributed by atoms with E-state index in [1.807, 2.05) is 32.0 Å². The molecule has 0 atom stereocenters. The summed E-state index contributed by atoms with van der Waals surface area (Å²) in [5, 5.41) is 0. The molecule has 0 saturated heterocycles. The molecule has 0 heterocycles. The molecule has 0 saturated carbocycles. The fourth-order valence-electron chi connectivity index (χ4n) is 4.31. The van der Waals surface area contributed by atoms with Crippen molar-refractivity contribution in [1.29, 1.82) is 0 Å². The summed E-state index contributed by atoms with van der Waals surface area (Å²) in [5.74, 6) is 0.555. The van der Waals surface area contributed by atoms with E-state index in [1.165, 1.54) is 80.3 Å². The van der Waals surface area contributed by atoms with Gasteiger partial charge in [-0.25, -0.2) is 4.79 Å². The number of esters is 1. The molecule has 0 radical (unpaired) electrons. The van der Waals surface area contributed by atoms with Crippen LogP contribution in [-0.4, -0.2) is 37.6 Å². The van der Waals surface area contributed by atoms with Gasteiger partial charge >= 0.3 is 5.97 Å². The lowest BCUT2D eigenvalue weighted by molar-refractivity contribution is 0.0600. The lowest BCUT2D eigenvalue weighted by atomic mass is 9.93. The lowest BCUT2D eigenvalue weighted by Crippen LogP contribution is -2.27. The maximum Gasteiger partial charge on any atom is 0.337 e. The van der Waals surface area contributed by atoms with E-state index >= 15 is 0 Å². The summed E-state index contributed by atoms with van der Waals surface area (Å²) in [4.78, 5) is 14.3. The number of benzene rings is 2. The van der Waals surface area contributed by atoms with Gasteiger partial charge in [-0.15, -0.1) is 0 Å². The Kier molecular flexibility index (Phi) is 20.1. The molecule has 0 fully saturated rings. The summed E-state index contributed by atoms with van der Waals surface area (Å²) in [5.41, 5.74) is 8.36. The predicted octanol–water partition coefficient (Wildman–Crippen LogP) is 10.1. The molecule has 0 amide bonds. The van der Waals surface area contributed by atoms with Crippen LogP contribution in [0.25, 0.3) is 5.57 Å². The standard InChI is InChI=1S/C22H26O2.C12H27N.C2H6/c1-6-15(2)17(4)21-14-19(11-10-16(21)3)12-18-8-7-9-20(13-18)22(23)24-5;1-5-7-10-13(9-6-2)11-8-12(3)4;1-2/h7-11,13-14H,6,12H2,1-5H3;12H,5-11H2,1-4H3;1-2H3/b17-15-;;. The number of ether oxygens (including phenoxy) is 1. The molecule has 3 heteroatoms. The molecule has 2 aromatic rings. The first kappa shape index (κ1) is 36.6. The Bertz CT molecular complexity index is 974. The number of unbranched alkanes of at least 4 members (excludes halogenated alkanes) is 1. The van der Waals surface area contributed by atoms with Crippen molar-refractivity contribution >= 4 is 11.5 Å². The first-order valence-electron chi connectivity index (χ1n) is 15.3. The molecule has 2 rings (SSSR count). The number of carbonyl (C=O) groups is 1. The molecule has 0 bridgehead atoms. The Hall–Kier alpha value is -2.39.